The summed E-state index contributed by atoms with van der Waals surface area (Å²) in [6.45, 7) is 8.22. The first-order valence-corrected chi connectivity index (χ1v) is 9.84. The molecule has 0 aromatic rings. The van der Waals surface area contributed by atoms with Gasteiger partial charge in [-0.25, -0.2) is 0 Å². The van der Waals surface area contributed by atoms with E-state index in [1.54, 1.807) is 0 Å². The van der Waals surface area contributed by atoms with Crippen LogP contribution in [0.2, 0.25) is 0 Å². The summed E-state index contributed by atoms with van der Waals surface area (Å²) in [6, 6.07) is 0.590. The van der Waals surface area contributed by atoms with Crippen LogP contribution in [0.3, 0.4) is 0 Å². The lowest BCUT2D eigenvalue weighted by atomic mass is 10.0. The van der Waals surface area contributed by atoms with E-state index in [4.69, 9.17) is 0 Å². The van der Waals surface area contributed by atoms with Crippen molar-refractivity contribution in [3.8, 4) is 0 Å². The van der Waals surface area contributed by atoms with Crippen LogP contribution >= 0.6 is 11.8 Å². The average molecular weight is 319 g/mol. The predicted octanol–water partition coefficient (Wildman–Crippen LogP) is 4.97. The van der Waals surface area contributed by atoms with Crippen molar-refractivity contribution in [2.75, 3.05) is 6.67 Å². The summed E-state index contributed by atoms with van der Waals surface area (Å²) in [6.07, 6.45) is 18.2. The molecule has 0 N–H and O–H groups in total. The number of hydrogen-bond donors (Lipinski definition) is 0. The van der Waals surface area contributed by atoms with E-state index in [1.165, 1.54) is 37.8 Å². The van der Waals surface area contributed by atoms with Crippen molar-refractivity contribution in [2.45, 2.75) is 69.4 Å². The van der Waals surface area contributed by atoms with Gasteiger partial charge in [-0.3, -0.25) is 0 Å². The van der Waals surface area contributed by atoms with E-state index in [-0.39, 0.29) is 0 Å². The van der Waals surface area contributed by atoms with Crippen LogP contribution in [0.5, 0.6) is 0 Å². The van der Waals surface area contributed by atoms with E-state index in [9.17, 15) is 0 Å². The third-order valence-electron chi connectivity index (χ3n) is 5.15. The van der Waals surface area contributed by atoms with Crippen molar-refractivity contribution in [2.24, 2.45) is 5.92 Å². The van der Waals surface area contributed by atoms with Gasteiger partial charge in [-0.05, 0) is 37.8 Å². The topological polar surface area (TPSA) is 6.48 Å². The average Bonchev–Trinajstić information content (AvgIpc) is 2.97. The van der Waals surface area contributed by atoms with Gasteiger partial charge in [0.05, 0.1) is 12.4 Å². The Kier molecular flexibility index (Phi) is 5.22. The molecule has 0 amide bonds. The quantitative estimate of drug-likeness (QED) is 0.707. The number of hydrogen-bond acceptors (Lipinski definition) is 3. The third-order valence-corrected chi connectivity index (χ3v) is 7.26. The molecule has 0 saturated heterocycles. The standard InChI is InChI=1S/C19H30N2S/c1-15(2)19(22-18-10-5-4-6-11-18)16(3)21-13-17-9-7-8-12-20(17)14-21/h7-9,12-13,15-16,18-19H,4-6,10-11,14H2,1-3H3/t16-,19+/m1/s1. The van der Waals surface area contributed by atoms with Crippen LogP contribution in [-0.4, -0.2) is 33.0 Å². The molecule has 2 atom stereocenters. The van der Waals surface area contributed by atoms with Crippen LogP contribution in [0.25, 0.3) is 0 Å². The predicted molar refractivity (Wildman–Crippen MR) is 97.5 cm³/mol. The zero-order chi connectivity index (χ0) is 15.5. The number of nitrogens with zero attached hydrogens (tertiary/aromatic N) is 2. The van der Waals surface area contributed by atoms with Gasteiger partial charge in [0.15, 0.2) is 0 Å². The fourth-order valence-corrected chi connectivity index (χ4v) is 5.56. The molecular formula is C19H30N2S. The first-order valence-electron chi connectivity index (χ1n) is 8.89. The maximum Gasteiger partial charge on any atom is 0.0945 e. The summed E-state index contributed by atoms with van der Waals surface area (Å²) in [5.74, 6) is 0.726. The highest BCUT2D eigenvalue weighted by Crippen LogP contribution is 2.37. The van der Waals surface area contributed by atoms with Crippen LogP contribution in [0, 0.1) is 5.92 Å². The molecule has 2 aliphatic heterocycles. The molecule has 22 heavy (non-hydrogen) atoms. The lowest BCUT2D eigenvalue weighted by Crippen LogP contribution is -2.41. The Morgan fingerprint density at radius 3 is 2.55 bits per heavy atom. The number of fused-ring (bicyclic) bond motifs is 1. The van der Waals surface area contributed by atoms with Crippen molar-refractivity contribution in [3.63, 3.8) is 0 Å². The van der Waals surface area contributed by atoms with Gasteiger partial charge in [-0.1, -0.05) is 39.2 Å². The molecule has 0 radical (unpaired) electrons. The second kappa shape index (κ2) is 7.16. The van der Waals surface area contributed by atoms with Crippen molar-refractivity contribution in [1.29, 1.82) is 0 Å². The zero-order valence-corrected chi connectivity index (χ0v) is 15.1. The molecule has 0 aromatic carbocycles. The molecule has 1 aliphatic carbocycles. The summed E-state index contributed by atoms with van der Waals surface area (Å²) < 4.78 is 0. The van der Waals surface area contributed by atoms with Crippen LogP contribution in [0.15, 0.2) is 36.3 Å². The molecule has 3 aliphatic rings. The fourth-order valence-electron chi connectivity index (χ4n) is 3.81. The normalized spacial score (nSPS) is 24.6. The number of allylic oxidation sites excluding steroid dienone is 3. The molecule has 1 saturated carbocycles. The Labute approximate surface area is 140 Å². The molecule has 3 heteroatoms. The molecule has 2 heterocycles. The Hall–Kier alpha value is -0.830. The van der Waals surface area contributed by atoms with Gasteiger partial charge in [-0.15, -0.1) is 0 Å². The third kappa shape index (κ3) is 3.56. The van der Waals surface area contributed by atoms with Gasteiger partial charge in [0.1, 0.15) is 0 Å². The highest BCUT2D eigenvalue weighted by atomic mass is 32.2. The summed E-state index contributed by atoms with van der Waals surface area (Å²) in [5.41, 5.74) is 1.33. The molecule has 122 valence electrons. The van der Waals surface area contributed by atoms with E-state index in [2.05, 4.69) is 73.0 Å². The Bertz CT molecular complexity index is 460. The minimum atomic E-state index is 0.590. The molecular weight excluding hydrogens is 288 g/mol. The van der Waals surface area contributed by atoms with Gasteiger partial charge in [0.25, 0.3) is 0 Å². The molecule has 3 rings (SSSR count). The van der Waals surface area contributed by atoms with Crippen LogP contribution < -0.4 is 0 Å². The van der Waals surface area contributed by atoms with Gasteiger partial charge in [0.2, 0.25) is 0 Å². The van der Waals surface area contributed by atoms with Gasteiger partial charge in [0, 0.05) is 28.9 Å². The molecule has 0 bridgehead atoms. The fraction of sp³-hybridized carbons (Fsp3) is 0.684. The van der Waals surface area contributed by atoms with Crippen molar-refractivity contribution < 1.29 is 0 Å². The van der Waals surface area contributed by atoms with E-state index < -0.39 is 0 Å². The zero-order valence-electron chi connectivity index (χ0n) is 14.2. The maximum atomic E-state index is 2.54. The van der Waals surface area contributed by atoms with Gasteiger partial charge in [-0.2, -0.15) is 11.8 Å². The van der Waals surface area contributed by atoms with Gasteiger partial charge >= 0.3 is 0 Å². The number of rotatable bonds is 5. The molecule has 0 spiro atoms. The molecule has 1 fully saturated rings. The maximum absolute atomic E-state index is 2.54. The summed E-state index contributed by atoms with van der Waals surface area (Å²) in [4.78, 5) is 4.88. The largest absolute Gasteiger partial charge is 0.354 e. The lowest BCUT2D eigenvalue weighted by Gasteiger charge is -2.37. The first-order chi connectivity index (χ1) is 10.6. The second-order valence-electron chi connectivity index (χ2n) is 7.23. The molecule has 0 unspecified atom stereocenters. The number of thioether (sulfide) groups is 1. The Morgan fingerprint density at radius 2 is 1.86 bits per heavy atom. The smallest absolute Gasteiger partial charge is 0.0945 e. The van der Waals surface area contributed by atoms with E-state index in [0.29, 0.717) is 11.3 Å². The first kappa shape index (κ1) is 16.0. The SMILES string of the molecule is CC(C)[C@H](SC1CCCCC1)[C@@H](C)N1C=C2C=CC=CN2C1. The van der Waals surface area contributed by atoms with Gasteiger partial charge < -0.3 is 9.80 Å². The van der Waals surface area contributed by atoms with Crippen molar-refractivity contribution in [3.05, 3.63) is 36.3 Å². The monoisotopic (exact) mass is 318 g/mol. The minimum Gasteiger partial charge on any atom is -0.354 e. The van der Waals surface area contributed by atoms with E-state index in [0.717, 1.165) is 17.8 Å². The Morgan fingerprint density at radius 1 is 1.09 bits per heavy atom. The van der Waals surface area contributed by atoms with Crippen molar-refractivity contribution >= 4 is 11.8 Å². The molecule has 2 nitrogen and oxygen atoms in total. The minimum absolute atomic E-state index is 0.590. The summed E-state index contributed by atoms with van der Waals surface area (Å²) in [7, 11) is 0. The summed E-state index contributed by atoms with van der Waals surface area (Å²) >= 11 is 2.28. The Balaban J connectivity index is 1.65. The summed E-state index contributed by atoms with van der Waals surface area (Å²) in [5, 5.41) is 1.61. The lowest BCUT2D eigenvalue weighted by molar-refractivity contribution is 0.232. The van der Waals surface area contributed by atoms with E-state index in [1.807, 2.05) is 0 Å². The van der Waals surface area contributed by atoms with Crippen LogP contribution in [0.4, 0.5) is 0 Å². The highest BCUT2D eigenvalue weighted by molar-refractivity contribution is 8.00. The second-order valence-corrected chi connectivity index (χ2v) is 8.71. The van der Waals surface area contributed by atoms with E-state index >= 15 is 0 Å². The van der Waals surface area contributed by atoms with Crippen molar-refractivity contribution in [1.82, 2.24) is 9.80 Å². The van der Waals surface area contributed by atoms with Crippen LogP contribution in [0.1, 0.15) is 52.9 Å². The highest BCUT2D eigenvalue weighted by Gasteiger charge is 2.32. The van der Waals surface area contributed by atoms with Crippen LogP contribution in [-0.2, 0) is 0 Å². The molecule has 0 aromatic heterocycles.